The van der Waals surface area contributed by atoms with Crippen LogP contribution in [-0.4, -0.2) is 28.8 Å². The molecule has 0 radical (unpaired) electrons. The molecule has 0 saturated heterocycles. The molecular formula is C15H25FN2O2S. The van der Waals surface area contributed by atoms with E-state index in [1.807, 2.05) is 19.9 Å². The minimum absolute atomic E-state index is 0.000420. The molecule has 0 saturated carbocycles. The van der Waals surface area contributed by atoms with Gasteiger partial charge in [0.2, 0.25) is 0 Å². The van der Waals surface area contributed by atoms with Gasteiger partial charge in [-0.1, -0.05) is 19.4 Å². The van der Waals surface area contributed by atoms with Gasteiger partial charge in [0.1, 0.15) is 5.82 Å². The smallest absolute Gasteiger partial charge is 0.177 e. The first-order valence-electron chi connectivity index (χ1n) is 6.79. The van der Waals surface area contributed by atoms with Gasteiger partial charge in [-0.2, -0.15) is 0 Å². The van der Waals surface area contributed by atoms with E-state index in [1.54, 1.807) is 7.05 Å². The van der Waals surface area contributed by atoms with Gasteiger partial charge in [-0.15, -0.1) is 0 Å². The lowest BCUT2D eigenvalue weighted by Gasteiger charge is -2.16. The lowest BCUT2D eigenvalue weighted by atomic mass is 9.99. The number of nitrogens with two attached hydrogens (primary N) is 1. The summed E-state index contributed by atoms with van der Waals surface area (Å²) < 4.78 is 37.2. The van der Waals surface area contributed by atoms with Gasteiger partial charge in [0.25, 0.3) is 0 Å². The summed E-state index contributed by atoms with van der Waals surface area (Å²) in [6.07, 6.45) is 4.66. The molecule has 0 atom stereocenters. The van der Waals surface area contributed by atoms with Gasteiger partial charge in [0.05, 0.1) is 10.6 Å². The molecule has 0 fully saturated rings. The van der Waals surface area contributed by atoms with Crippen LogP contribution in [0.2, 0.25) is 0 Å². The Morgan fingerprint density at radius 1 is 1.38 bits per heavy atom. The predicted octanol–water partition coefficient (Wildman–Crippen LogP) is 3.05. The van der Waals surface area contributed by atoms with Crippen LogP contribution in [0, 0.1) is 5.82 Å². The van der Waals surface area contributed by atoms with Crippen LogP contribution in [0.5, 0.6) is 0 Å². The third-order valence-electron chi connectivity index (χ3n) is 2.93. The van der Waals surface area contributed by atoms with Crippen molar-refractivity contribution in [3.05, 3.63) is 29.6 Å². The minimum atomic E-state index is -3.48. The van der Waals surface area contributed by atoms with Gasteiger partial charge in [-0.25, -0.2) is 12.8 Å². The Hall–Kier alpha value is -1.40. The van der Waals surface area contributed by atoms with Crippen LogP contribution < -0.4 is 11.1 Å². The van der Waals surface area contributed by atoms with Gasteiger partial charge < -0.3 is 11.1 Å². The summed E-state index contributed by atoms with van der Waals surface area (Å²) in [5, 5.41) is 2.88. The molecule has 120 valence electrons. The molecule has 0 aromatic heterocycles. The molecule has 1 aromatic rings. The Bertz CT molecular complexity index is 596. The van der Waals surface area contributed by atoms with Crippen LogP contribution in [0.1, 0.15) is 32.3 Å². The van der Waals surface area contributed by atoms with Gasteiger partial charge in [-0.3, -0.25) is 0 Å². The Kier molecular flexibility index (Phi) is 8.21. The number of halogens is 1. The zero-order valence-corrected chi connectivity index (χ0v) is 14.1. The maximum absolute atomic E-state index is 13.7. The number of allylic oxidation sites excluding steroid dienone is 2. The highest BCUT2D eigenvalue weighted by Crippen LogP contribution is 2.33. The zero-order chi connectivity index (χ0) is 16.6. The van der Waals surface area contributed by atoms with Crippen molar-refractivity contribution < 1.29 is 12.8 Å². The van der Waals surface area contributed by atoms with E-state index >= 15 is 0 Å². The second-order valence-electron chi connectivity index (χ2n) is 4.41. The van der Waals surface area contributed by atoms with E-state index < -0.39 is 15.7 Å². The number of sulfone groups is 1. The molecule has 0 unspecified atom stereocenters. The normalized spacial score (nSPS) is 11.7. The van der Waals surface area contributed by atoms with Crippen LogP contribution in [0.25, 0.3) is 5.57 Å². The number of hydrogen-bond donors (Lipinski definition) is 2. The molecule has 6 heteroatoms. The summed E-state index contributed by atoms with van der Waals surface area (Å²) in [5.41, 5.74) is 6.52. The van der Waals surface area contributed by atoms with E-state index in [4.69, 9.17) is 0 Å². The first-order chi connectivity index (χ1) is 9.85. The molecule has 0 spiro atoms. The van der Waals surface area contributed by atoms with Gasteiger partial charge in [0.15, 0.2) is 9.84 Å². The molecule has 1 aromatic carbocycles. The lowest BCUT2D eigenvalue weighted by molar-refractivity contribution is 0.596. The maximum atomic E-state index is 13.7. The Labute approximate surface area is 127 Å². The van der Waals surface area contributed by atoms with E-state index in [0.717, 1.165) is 30.7 Å². The van der Waals surface area contributed by atoms with Crippen molar-refractivity contribution in [2.75, 3.05) is 25.7 Å². The van der Waals surface area contributed by atoms with Crippen molar-refractivity contribution in [2.45, 2.75) is 31.6 Å². The Morgan fingerprint density at radius 3 is 2.33 bits per heavy atom. The number of rotatable bonds is 5. The molecule has 21 heavy (non-hydrogen) atoms. The van der Waals surface area contributed by atoms with E-state index in [0.29, 0.717) is 11.3 Å². The third kappa shape index (κ3) is 5.13. The molecule has 0 aliphatic carbocycles. The summed E-state index contributed by atoms with van der Waals surface area (Å²) in [6, 6.07) is 2.44. The fraction of sp³-hybridized carbons (Fsp3) is 0.467. The van der Waals surface area contributed by atoms with Gasteiger partial charge in [-0.05, 0) is 38.1 Å². The molecule has 0 bridgehead atoms. The maximum Gasteiger partial charge on any atom is 0.177 e. The quantitative estimate of drug-likeness (QED) is 0.876. The highest BCUT2D eigenvalue weighted by Gasteiger charge is 2.19. The second-order valence-corrected chi connectivity index (χ2v) is 6.40. The molecule has 0 heterocycles. The van der Waals surface area contributed by atoms with E-state index in [9.17, 15) is 12.8 Å². The molecule has 4 nitrogen and oxygen atoms in total. The molecule has 3 N–H and O–H groups in total. The Balaban J connectivity index is 0.00000191. The minimum Gasteiger partial charge on any atom is -0.387 e. The average molecular weight is 316 g/mol. The number of hydrogen-bond acceptors (Lipinski definition) is 4. The van der Waals surface area contributed by atoms with E-state index in [2.05, 4.69) is 11.1 Å². The second kappa shape index (κ2) is 8.79. The molecule has 0 aliphatic heterocycles. The van der Waals surface area contributed by atoms with Gasteiger partial charge in [0, 0.05) is 18.9 Å². The van der Waals surface area contributed by atoms with Crippen molar-refractivity contribution in [1.82, 2.24) is 0 Å². The summed E-state index contributed by atoms with van der Waals surface area (Å²) in [5.74, 6) is -0.537. The van der Waals surface area contributed by atoms with Crippen molar-refractivity contribution in [3.8, 4) is 0 Å². The standard InChI is InChI=1S/C14H20FNO2S.CH5N/c1-5-7-10(6-2)12-8-11(15)9-13(14(12)16-3)19(4,17)18;1-2/h6,8-9,16H,5,7H2,1-4H3;2H2,1H3/b10-6+;. The first-order valence-corrected chi connectivity index (χ1v) is 8.68. The number of anilines is 1. The van der Waals surface area contributed by atoms with Crippen molar-refractivity contribution in [2.24, 2.45) is 5.73 Å². The van der Waals surface area contributed by atoms with Crippen LogP contribution >= 0.6 is 0 Å². The molecule has 0 aliphatic rings. The number of nitrogens with one attached hydrogen (secondary N) is 1. The van der Waals surface area contributed by atoms with Crippen LogP contribution in [-0.2, 0) is 9.84 Å². The summed E-state index contributed by atoms with van der Waals surface area (Å²) in [4.78, 5) is 0.000420. The number of benzene rings is 1. The largest absolute Gasteiger partial charge is 0.387 e. The zero-order valence-electron chi connectivity index (χ0n) is 13.3. The topological polar surface area (TPSA) is 72.2 Å². The van der Waals surface area contributed by atoms with Crippen molar-refractivity contribution in [3.63, 3.8) is 0 Å². The summed E-state index contributed by atoms with van der Waals surface area (Å²) in [7, 11) is -0.333. The van der Waals surface area contributed by atoms with Crippen LogP contribution in [0.4, 0.5) is 10.1 Å². The SMILES string of the molecule is C/C=C(\CCC)c1cc(F)cc(S(C)(=O)=O)c1NC.CN. The summed E-state index contributed by atoms with van der Waals surface area (Å²) >= 11 is 0. The molecular weight excluding hydrogens is 291 g/mol. The molecule has 0 amide bonds. The van der Waals surface area contributed by atoms with Crippen molar-refractivity contribution >= 4 is 21.1 Å². The van der Waals surface area contributed by atoms with Crippen LogP contribution in [0.15, 0.2) is 23.1 Å². The first kappa shape index (κ1) is 19.6. The lowest BCUT2D eigenvalue weighted by Crippen LogP contribution is -2.07. The Morgan fingerprint density at radius 2 is 1.95 bits per heavy atom. The summed E-state index contributed by atoms with van der Waals surface area (Å²) in [6.45, 7) is 3.90. The fourth-order valence-corrected chi connectivity index (χ4v) is 3.00. The van der Waals surface area contributed by atoms with Crippen LogP contribution in [0.3, 0.4) is 0 Å². The third-order valence-corrected chi connectivity index (χ3v) is 4.05. The van der Waals surface area contributed by atoms with Gasteiger partial charge >= 0.3 is 0 Å². The van der Waals surface area contributed by atoms with E-state index in [-0.39, 0.29) is 4.90 Å². The monoisotopic (exact) mass is 316 g/mol. The highest BCUT2D eigenvalue weighted by atomic mass is 32.2. The fourth-order valence-electron chi connectivity index (χ4n) is 2.09. The van der Waals surface area contributed by atoms with Crippen molar-refractivity contribution in [1.29, 1.82) is 0 Å². The molecule has 1 rings (SSSR count). The van der Waals surface area contributed by atoms with E-state index in [1.165, 1.54) is 13.1 Å². The predicted molar refractivity (Wildman–Crippen MR) is 87.7 cm³/mol. The average Bonchev–Trinajstić information content (AvgIpc) is 2.45. The highest BCUT2D eigenvalue weighted by molar-refractivity contribution is 7.90.